The van der Waals surface area contributed by atoms with Gasteiger partial charge in [-0.05, 0) is 50.9 Å². The maximum atomic E-state index is 12.1. The number of aryl methyl sites for hydroxylation is 3. The van der Waals surface area contributed by atoms with Gasteiger partial charge in [0.05, 0.1) is 0 Å². The van der Waals surface area contributed by atoms with Crippen molar-refractivity contribution >= 4 is 0 Å². The number of nitrogens with zero attached hydrogens (tertiary/aromatic N) is 1. The Morgan fingerprint density at radius 3 is 2.62 bits per heavy atom. The highest BCUT2D eigenvalue weighted by Gasteiger charge is 2.07. The lowest BCUT2D eigenvalue weighted by Crippen LogP contribution is -2.22. The number of aromatic nitrogens is 1. The smallest absolute Gasteiger partial charge is 0.186 e. The summed E-state index contributed by atoms with van der Waals surface area (Å²) >= 11 is 0. The second kappa shape index (κ2) is 6.72. The van der Waals surface area contributed by atoms with Gasteiger partial charge in [0.1, 0.15) is 0 Å². The summed E-state index contributed by atoms with van der Waals surface area (Å²) in [7, 11) is 0. The van der Waals surface area contributed by atoms with Crippen LogP contribution in [-0.4, -0.2) is 11.1 Å². The first-order valence-electron chi connectivity index (χ1n) is 7.53. The van der Waals surface area contributed by atoms with Crippen LogP contribution in [0, 0.1) is 20.8 Å². The zero-order valence-corrected chi connectivity index (χ0v) is 13.4. The first kappa shape index (κ1) is 15.5. The van der Waals surface area contributed by atoms with Gasteiger partial charge >= 0.3 is 0 Å². The van der Waals surface area contributed by atoms with E-state index in [9.17, 15) is 4.79 Å². The summed E-state index contributed by atoms with van der Waals surface area (Å²) in [4.78, 5) is 12.1. The Morgan fingerprint density at radius 2 is 1.90 bits per heavy atom. The van der Waals surface area contributed by atoms with Gasteiger partial charge in [-0.2, -0.15) is 0 Å². The van der Waals surface area contributed by atoms with E-state index in [0.717, 1.165) is 29.9 Å². The molecule has 0 bridgehead atoms. The second-order valence-corrected chi connectivity index (χ2v) is 5.64. The van der Waals surface area contributed by atoms with Crippen LogP contribution in [0.3, 0.4) is 0 Å². The van der Waals surface area contributed by atoms with Crippen LogP contribution in [0.25, 0.3) is 5.69 Å². The van der Waals surface area contributed by atoms with E-state index >= 15 is 0 Å². The molecule has 0 aliphatic carbocycles. The fourth-order valence-electron chi connectivity index (χ4n) is 2.44. The molecular formula is C18H24N2O. The van der Waals surface area contributed by atoms with E-state index in [1.807, 2.05) is 13.1 Å². The van der Waals surface area contributed by atoms with E-state index in [2.05, 4.69) is 48.9 Å². The molecule has 0 saturated heterocycles. The molecule has 3 nitrogen and oxygen atoms in total. The fourth-order valence-corrected chi connectivity index (χ4v) is 2.44. The van der Waals surface area contributed by atoms with Crippen LogP contribution in [0.15, 0.2) is 35.3 Å². The Morgan fingerprint density at radius 1 is 1.14 bits per heavy atom. The van der Waals surface area contributed by atoms with Crippen LogP contribution in [0.2, 0.25) is 0 Å². The summed E-state index contributed by atoms with van der Waals surface area (Å²) in [6.45, 7) is 9.84. The lowest BCUT2D eigenvalue weighted by atomic mass is 10.1. The van der Waals surface area contributed by atoms with Crippen molar-refractivity contribution in [3.05, 3.63) is 63.1 Å². The maximum absolute atomic E-state index is 12.1. The Hall–Kier alpha value is -1.87. The van der Waals surface area contributed by atoms with Crippen molar-refractivity contribution in [1.82, 2.24) is 9.88 Å². The average Bonchev–Trinajstić information content (AvgIpc) is 2.44. The monoisotopic (exact) mass is 284 g/mol. The molecule has 21 heavy (non-hydrogen) atoms. The Balaban J connectivity index is 2.46. The van der Waals surface area contributed by atoms with Gasteiger partial charge in [0.2, 0.25) is 0 Å². The molecule has 1 heterocycles. The Bertz CT molecular complexity index is 686. The minimum Gasteiger partial charge on any atom is -0.320 e. The maximum Gasteiger partial charge on any atom is 0.186 e. The molecule has 3 heteroatoms. The van der Waals surface area contributed by atoms with Gasteiger partial charge in [0.15, 0.2) is 5.43 Å². The van der Waals surface area contributed by atoms with Crippen LogP contribution in [0.4, 0.5) is 0 Å². The van der Waals surface area contributed by atoms with Crippen molar-refractivity contribution < 1.29 is 0 Å². The summed E-state index contributed by atoms with van der Waals surface area (Å²) < 4.78 is 2.12. The molecule has 0 spiro atoms. The molecule has 0 unspecified atom stereocenters. The van der Waals surface area contributed by atoms with Crippen molar-refractivity contribution in [3.63, 3.8) is 0 Å². The largest absolute Gasteiger partial charge is 0.320 e. The molecular weight excluding hydrogens is 260 g/mol. The van der Waals surface area contributed by atoms with Crippen LogP contribution in [0.1, 0.15) is 35.7 Å². The quantitative estimate of drug-likeness (QED) is 0.855. The van der Waals surface area contributed by atoms with Crippen LogP contribution in [0.5, 0.6) is 0 Å². The van der Waals surface area contributed by atoms with Crippen LogP contribution >= 0.6 is 0 Å². The molecule has 0 amide bonds. The zero-order chi connectivity index (χ0) is 15.4. The van der Waals surface area contributed by atoms with Gasteiger partial charge in [-0.15, -0.1) is 0 Å². The topological polar surface area (TPSA) is 34.0 Å². The van der Waals surface area contributed by atoms with E-state index < -0.39 is 0 Å². The van der Waals surface area contributed by atoms with Gasteiger partial charge < -0.3 is 9.88 Å². The molecule has 0 fully saturated rings. The predicted molar refractivity (Wildman–Crippen MR) is 88.2 cm³/mol. The highest BCUT2D eigenvalue weighted by atomic mass is 16.1. The van der Waals surface area contributed by atoms with Gasteiger partial charge in [-0.3, -0.25) is 4.79 Å². The van der Waals surface area contributed by atoms with E-state index in [1.165, 1.54) is 11.1 Å². The number of nitrogens with one attached hydrogen (secondary N) is 1. The van der Waals surface area contributed by atoms with Crippen molar-refractivity contribution in [2.24, 2.45) is 0 Å². The molecule has 0 atom stereocenters. The van der Waals surface area contributed by atoms with Gasteiger partial charge in [0.25, 0.3) is 0 Å². The minimum atomic E-state index is 0.109. The Kier molecular flexibility index (Phi) is 4.97. The first-order chi connectivity index (χ1) is 10.0. The molecule has 0 saturated carbocycles. The molecule has 0 aliphatic heterocycles. The number of benzene rings is 1. The summed E-state index contributed by atoms with van der Waals surface area (Å²) in [5.74, 6) is 0. The van der Waals surface area contributed by atoms with Gasteiger partial charge in [-0.1, -0.05) is 19.1 Å². The second-order valence-electron chi connectivity index (χ2n) is 5.64. The molecule has 2 aromatic rings. The fraction of sp³-hybridized carbons (Fsp3) is 0.389. The SMILES string of the molecule is CCCNCc1cn(-c2cc(C)ccc2C)c(C)cc1=O. The van der Waals surface area contributed by atoms with E-state index in [4.69, 9.17) is 0 Å². The number of pyridine rings is 1. The molecule has 0 aliphatic rings. The lowest BCUT2D eigenvalue weighted by Gasteiger charge is -2.16. The summed E-state index contributed by atoms with van der Waals surface area (Å²) in [5.41, 5.74) is 5.46. The summed E-state index contributed by atoms with van der Waals surface area (Å²) in [6.07, 6.45) is 3.04. The molecule has 1 aromatic carbocycles. The van der Waals surface area contributed by atoms with Crippen molar-refractivity contribution in [2.75, 3.05) is 6.54 Å². The third kappa shape index (κ3) is 3.61. The molecule has 0 radical (unpaired) electrons. The highest BCUT2D eigenvalue weighted by molar-refractivity contribution is 5.45. The minimum absolute atomic E-state index is 0.109. The number of hydrogen-bond acceptors (Lipinski definition) is 2. The van der Waals surface area contributed by atoms with Crippen molar-refractivity contribution in [2.45, 2.75) is 40.7 Å². The summed E-state index contributed by atoms with van der Waals surface area (Å²) in [5, 5.41) is 3.30. The van der Waals surface area contributed by atoms with Crippen LogP contribution in [-0.2, 0) is 6.54 Å². The third-order valence-electron chi connectivity index (χ3n) is 3.69. The van der Waals surface area contributed by atoms with E-state index in [1.54, 1.807) is 6.07 Å². The normalized spacial score (nSPS) is 10.9. The lowest BCUT2D eigenvalue weighted by molar-refractivity contribution is 0.668. The molecule has 1 N–H and O–H groups in total. The standard InChI is InChI=1S/C18H24N2O/c1-5-8-19-11-16-12-20(15(4)10-18(16)21)17-9-13(2)6-7-14(17)3/h6-7,9-10,12,19H,5,8,11H2,1-4H3. The van der Waals surface area contributed by atoms with Crippen molar-refractivity contribution in [1.29, 1.82) is 0 Å². The molecule has 1 aromatic heterocycles. The third-order valence-corrected chi connectivity index (χ3v) is 3.69. The average molecular weight is 284 g/mol. The first-order valence-corrected chi connectivity index (χ1v) is 7.53. The van der Waals surface area contributed by atoms with E-state index in [0.29, 0.717) is 6.54 Å². The van der Waals surface area contributed by atoms with Crippen molar-refractivity contribution in [3.8, 4) is 5.69 Å². The predicted octanol–water partition coefficient (Wildman–Crippen LogP) is 3.26. The van der Waals surface area contributed by atoms with Gasteiger partial charge in [0, 0.05) is 35.8 Å². The van der Waals surface area contributed by atoms with Gasteiger partial charge in [-0.25, -0.2) is 0 Å². The highest BCUT2D eigenvalue weighted by Crippen LogP contribution is 2.17. The van der Waals surface area contributed by atoms with Crippen LogP contribution < -0.4 is 10.7 Å². The number of rotatable bonds is 5. The Labute approximate surface area is 126 Å². The van der Waals surface area contributed by atoms with E-state index in [-0.39, 0.29) is 5.43 Å². The number of hydrogen-bond donors (Lipinski definition) is 1. The summed E-state index contributed by atoms with van der Waals surface area (Å²) in [6, 6.07) is 8.12. The zero-order valence-electron chi connectivity index (χ0n) is 13.4. The molecule has 2 rings (SSSR count). The molecule has 112 valence electrons.